The lowest BCUT2D eigenvalue weighted by molar-refractivity contribution is 0.395. The fraction of sp³-hybridized carbons (Fsp3) is 0. The Morgan fingerprint density at radius 1 is 0.879 bits per heavy atom. The van der Waals surface area contributed by atoms with E-state index in [-0.39, 0.29) is 11.5 Å². The van der Waals surface area contributed by atoms with Gasteiger partial charge < -0.3 is 10.4 Å². The van der Waals surface area contributed by atoms with Crippen molar-refractivity contribution >= 4 is 44.9 Å². The Morgan fingerprint density at radius 3 is 2.42 bits per heavy atom. The zero-order chi connectivity index (χ0) is 23.1. The van der Waals surface area contributed by atoms with Crippen molar-refractivity contribution < 1.29 is 18.3 Å². The normalized spacial score (nSPS) is 11.2. The van der Waals surface area contributed by atoms with E-state index in [1.165, 1.54) is 16.9 Å². The fourth-order valence-corrected chi connectivity index (χ4v) is 3.84. The van der Waals surface area contributed by atoms with Crippen LogP contribution in [0.2, 0.25) is 0 Å². The van der Waals surface area contributed by atoms with Crippen LogP contribution in [0.25, 0.3) is 28.0 Å². The molecule has 0 aliphatic heterocycles. The van der Waals surface area contributed by atoms with E-state index in [9.17, 15) is 18.3 Å². The molecule has 2 N–H and O–H groups in total. The topological polar surface area (TPSA) is 75.9 Å². The van der Waals surface area contributed by atoms with Crippen molar-refractivity contribution in [2.75, 3.05) is 5.32 Å². The molecule has 0 atom stereocenters. The summed E-state index contributed by atoms with van der Waals surface area (Å²) in [6, 6.07) is 15.9. The van der Waals surface area contributed by atoms with Crippen molar-refractivity contribution in [3.8, 4) is 22.8 Å². The number of fused-ring (bicyclic) bond motifs is 1. The molecule has 0 aliphatic carbocycles. The molecular weight excluding hydrogens is 546 g/mol. The molecule has 5 rings (SSSR count). The van der Waals surface area contributed by atoms with Crippen molar-refractivity contribution in [3.05, 3.63) is 87.9 Å². The van der Waals surface area contributed by atoms with E-state index in [0.29, 0.717) is 20.5 Å². The van der Waals surface area contributed by atoms with E-state index >= 15 is 0 Å². The Balaban J connectivity index is 1.48. The lowest BCUT2D eigenvalue weighted by Crippen LogP contribution is -1.97. The summed E-state index contributed by atoms with van der Waals surface area (Å²) in [5, 5.41) is 21.4. The maximum Gasteiger partial charge on any atom is 0.187 e. The first kappa shape index (κ1) is 21.2. The van der Waals surface area contributed by atoms with Gasteiger partial charge in [0.1, 0.15) is 11.5 Å². The molecule has 6 nitrogen and oxygen atoms in total. The van der Waals surface area contributed by atoms with Crippen LogP contribution in [0.5, 0.6) is 5.75 Å². The molecule has 2 heterocycles. The quantitative estimate of drug-likeness (QED) is 0.266. The number of aromatic hydroxyl groups is 1. The third-order valence-corrected chi connectivity index (χ3v) is 5.78. The smallest absolute Gasteiger partial charge is 0.187 e. The van der Waals surface area contributed by atoms with Crippen LogP contribution >= 0.6 is 22.6 Å². The minimum Gasteiger partial charge on any atom is -0.503 e. The van der Waals surface area contributed by atoms with Crippen molar-refractivity contribution in [3.63, 3.8) is 0 Å². The number of aromatic nitrogens is 4. The molecule has 0 amide bonds. The fourth-order valence-electron chi connectivity index (χ4n) is 3.33. The first-order chi connectivity index (χ1) is 15.9. The number of rotatable bonds is 4. The molecule has 2 aromatic heterocycles. The number of phenolic OH excluding ortho intramolecular Hbond substituents is 1. The van der Waals surface area contributed by atoms with Crippen molar-refractivity contribution in [1.29, 1.82) is 0 Å². The summed E-state index contributed by atoms with van der Waals surface area (Å²) >= 11 is 1.94. The van der Waals surface area contributed by atoms with Gasteiger partial charge in [-0.05, 0) is 65.1 Å². The summed E-state index contributed by atoms with van der Waals surface area (Å²) in [6.45, 7) is 0. The number of nitrogens with zero attached hydrogens (tertiary/aromatic N) is 4. The SMILES string of the molecule is Oc1c(F)cc(-n2cc(-c3ccc4c(Nc5ccc(F)c(I)c5)cccc4n3)nn2)cc1F. The summed E-state index contributed by atoms with van der Waals surface area (Å²) in [5.74, 6) is -3.52. The van der Waals surface area contributed by atoms with Gasteiger partial charge in [0.15, 0.2) is 17.4 Å². The van der Waals surface area contributed by atoms with Crippen molar-refractivity contribution in [2.45, 2.75) is 0 Å². The van der Waals surface area contributed by atoms with Gasteiger partial charge in [-0.2, -0.15) is 0 Å². The Morgan fingerprint density at radius 2 is 1.67 bits per heavy atom. The lowest BCUT2D eigenvalue weighted by Gasteiger charge is -2.11. The first-order valence-corrected chi connectivity index (χ1v) is 10.7. The number of nitrogens with one attached hydrogen (secondary N) is 1. The van der Waals surface area contributed by atoms with Crippen molar-refractivity contribution in [1.82, 2.24) is 20.0 Å². The van der Waals surface area contributed by atoms with Crippen molar-refractivity contribution in [2.24, 2.45) is 0 Å². The molecule has 0 fully saturated rings. The molecule has 0 radical (unpaired) electrons. The van der Waals surface area contributed by atoms with Gasteiger partial charge in [0, 0.05) is 28.9 Å². The van der Waals surface area contributed by atoms with E-state index in [4.69, 9.17) is 0 Å². The number of halogens is 4. The molecular formula is C23H13F3IN5O. The Bertz CT molecular complexity index is 1500. The van der Waals surface area contributed by atoms with Crippen LogP contribution in [0.3, 0.4) is 0 Å². The molecule has 0 aliphatic rings. The van der Waals surface area contributed by atoms with Crippen LogP contribution in [-0.2, 0) is 0 Å². The number of hydrogen-bond acceptors (Lipinski definition) is 5. The second-order valence-electron chi connectivity index (χ2n) is 7.13. The van der Waals surface area contributed by atoms with Crippen LogP contribution in [-0.4, -0.2) is 25.1 Å². The first-order valence-electron chi connectivity index (χ1n) is 9.62. The second-order valence-corrected chi connectivity index (χ2v) is 8.29. The van der Waals surface area contributed by atoms with Gasteiger partial charge >= 0.3 is 0 Å². The molecule has 0 bridgehead atoms. The molecule has 5 aromatic rings. The monoisotopic (exact) mass is 559 g/mol. The van der Waals surface area contributed by atoms with Gasteiger partial charge in [-0.25, -0.2) is 22.8 Å². The van der Waals surface area contributed by atoms with Crippen LogP contribution in [0.1, 0.15) is 0 Å². The Labute approximate surface area is 198 Å². The molecule has 33 heavy (non-hydrogen) atoms. The van der Waals surface area contributed by atoms with E-state index in [1.807, 2.05) is 46.9 Å². The highest BCUT2D eigenvalue weighted by molar-refractivity contribution is 14.1. The lowest BCUT2D eigenvalue weighted by atomic mass is 10.1. The van der Waals surface area contributed by atoms with Crippen LogP contribution in [0.15, 0.2) is 66.9 Å². The maximum absolute atomic E-state index is 13.7. The number of anilines is 2. The van der Waals surface area contributed by atoms with E-state index < -0.39 is 17.4 Å². The van der Waals surface area contributed by atoms with Gasteiger partial charge in [-0.1, -0.05) is 11.3 Å². The van der Waals surface area contributed by atoms with Gasteiger partial charge in [0.25, 0.3) is 0 Å². The van der Waals surface area contributed by atoms with Gasteiger partial charge in [0.05, 0.1) is 26.7 Å². The van der Waals surface area contributed by atoms with Gasteiger partial charge in [0.2, 0.25) is 0 Å². The van der Waals surface area contributed by atoms with Gasteiger partial charge in [-0.15, -0.1) is 5.10 Å². The number of pyridine rings is 1. The highest BCUT2D eigenvalue weighted by Crippen LogP contribution is 2.29. The van der Waals surface area contributed by atoms with Crippen LogP contribution in [0.4, 0.5) is 24.5 Å². The Hall–Kier alpha value is -3.67. The largest absolute Gasteiger partial charge is 0.503 e. The predicted octanol–water partition coefficient (Wildman–Crippen LogP) is 5.95. The average Bonchev–Trinajstić information content (AvgIpc) is 3.30. The van der Waals surface area contributed by atoms with E-state index in [0.717, 1.165) is 28.9 Å². The molecule has 164 valence electrons. The zero-order valence-electron chi connectivity index (χ0n) is 16.6. The Kier molecular flexibility index (Phi) is 5.36. The molecule has 3 aromatic carbocycles. The second kappa shape index (κ2) is 8.35. The summed E-state index contributed by atoms with van der Waals surface area (Å²) in [7, 11) is 0. The summed E-state index contributed by atoms with van der Waals surface area (Å²) in [4.78, 5) is 4.63. The van der Waals surface area contributed by atoms with Crippen LogP contribution in [0, 0.1) is 21.0 Å². The average molecular weight is 559 g/mol. The minimum atomic E-state index is -1.10. The van der Waals surface area contributed by atoms with Crippen LogP contribution < -0.4 is 5.32 Å². The molecule has 0 saturated heterocycles. The van der Waals surface area contributed by atoms with Gasteiger partial charge in [-0.3, -0.25) is 0 Å². The minimum absolute atomic E-state index is 0.0720. The summed E-state index contributed by atoms with van der Waals surface area (Å²) < 4.78 is 42.6. The highest BCUT2D eigenvalue weighted by atomic mass is 127. The molecule has 0 unspecified atom stereocenters. The summed E-state index contributed by atoms with van der Waals surface area (Å²) in [6.07, 6.45) is 1.49. The van der Waals surface area contributed by atoms with E-state index in [2.05, 4.69) is 20.6 Å². The third kappa shape index (κ3) is 4.09. The predicted molar refractivity (Wildman–Crippen MR) is 126 cm³/mol. The zero-order valence-corrected chi connectivity index (χ0v) is 18.8. The number of hydrogen-bond donors (Lipinski definition) is 2. The maximum atomic E-state index is 13.7. The van der Waals surface area contributed by atoms with E-state index in [1.54, 1.807) is 18.2 Å². The molecule has 10 heteroatoms. The standard InChI is InChI=1S/C23H13F3IN5O/c24-15-6-4-12(8-18(15)27)28-19-2-1-3-20-14(19)5-7-21(29-20)22-11-32(31-30-22)13-9-16(25)23(33)17(26)10-13/h1-11,28,33H. The molecule has 0 saturated carbocycles. The molecule has 0 spiro atoms. The third-order valence-electron chi connectivity index (χ3n) is 4.95. The number of phenols is 1. The highest BCUT2D eigenvalue weighted by Gasteiger charge is 2.14. The number of benzene rings is 3. The summed E-state index contributed by atoms with van der Waals surface area (Å²) in [5.41, 5.74) is 3.22.